The maximum atomic E-state index is 16.6. The van der Waals surface area contributed by atoms with Crippen LogP contribution in [0.1, 0.15) is 86.6 Å². The molecular formula is C28H41BFN3O6. The largest absolute Gasteiger partial charge is 0.513 e. The van der Waals surface area contributed by atoms with Gasteiger partial charge in [-0.3, -0.25) is 4.57 Å². The minimum atomic E-state index is -0.901. The topological polar surface area (TPSA) is 84.3 Å². The van der Waals surface area contributed by atoms with Crippen LogP contribution in [0.2, 0.25) is 0 Å². The van der Waals surface area contributed by atoms with Gasteiger partial charge in [0.1, 0.15) is 5.60 Å². The monoisotopic (exact) mass is 545 g/mol. The molecule has 2 aromatic rings. The fourth-order valence-electron chi connectivity index (χ4n) is 5.61. The minimum absolute atomic E-state index is 0.153. The highest BCUT2D eigenvalue weighted by Gasteiger charge is 2.54. The van der Waals surface area contributed by atoms with Gasteiger partial charge in [-0.2, -0.15) is 0 Å². The van der Waals surface area contributed by atoms with Gasteiger partial charge in [0.25, 0.3) is 0 Å². The molecule has 3 aliphatic rings. The number of nitrogens with zero attached hydrogens (tertiary/aromatic N) is 3. The molecule has 0 aromatic carbocycles. The van der Waals surface area contributed by atoms with E-state index in [2.05, 4.69) is 4.98 Å². The van der Waals surface area contributed by atoms with Crippen molar-refractivity contribution >= 4 is 35.5 Å². The van der Waals surface area contributed by atoms with Crippen molar-refractivity contribution in [1.82, 2.24) is 9.55 Å². The summed E-state index contributed by atoms with van der Waals surface area (Å²) >= 11 is 0. The first kappa shape index (κ1) is 28.3. The number of halogens is 1. The van der Waals surface area contributed by atoms with Crippen LogP contribution in [0.15, 0.2) is 6.20 Å². The predicted molar refractivity (Wildman–Crippen MR) is 147 cm³/mol. The Morgan fingerprint density at radius 3 is 2.15 bits per heavy atom. The highest BCUT2D eigenvalue weighted by atomic mass is 19.1. The Hall–Kier alpha value is -2.21. The van der Waals surface area contributed by atoms with Crippen LogP contribution < -0.4 is 10.5 Å². The van der Waals surface area contributed by atoms with Gasteiger partial charge in [0.05, 0.1) is 41.7 Å². The van der Waals surface area contributed by atoms with Gasteiger partial charge in [-0.1, -0.05) is 13.8 Å². The molecule has 39 heavy (non-hydrogen) atoms. The van der Waals surface area contributed by atoms with Crippen LogP contribution in [0.3, 0.4) is 0 Å². The van der Waals surface area contributed by atoms with E-state index < -0.39 is 41.6 Å². The number of aromatic nitrogens is 2. The molecule has 3 saturated heterocycles. The number of pyridine rings is 1. The Morgan fingerprint density at radius 1 is 1.08 bits per heavy atom. The summed E-state index contributed by atoms with van der Waals surface area (Å²) in [5, 5.41) is 0.333. The number of ether oxygens (including phenoxy) is 3. The minimum Gasteiger partial charge on any atom is -0.443 e. The van der Waals surface area contributed by atoms with Crippen molar-refractivity contribution in [2.45, 2.75) is 104 Å². The van der Waals surface area contributed by atoms with Crippen LogP contribution in [-0.4, -0.2) is 71.7 Å². The summed E-state index contributed by atoms with van der Waals surface area (Å²) in [5.41, 5.74) is -0.662. The Morgan fingerprint density at radius 2 is 1.64 bits per heavy atom. The maximum absolute atomic E-state index is 16.6. The summed E-state index contributed by atoms with van der Waals surface area (Å²) in [4.78, 5) is 20.2. The van der Waals surface area contributed by atoms with Gasteiger partial charge >= 0.3 is 13.2 Å². The second-order valence-electron chi connectivity index (χ2n) is 13.1. The zero-order valence-electron chi connectivity index (χ0n) is 24.6. The molecule has 214 valence electrons. The molecule has 2 aromatic heterocycles. The first-order valence-corrected chi connectivity index (χ1v) is 13.9. The van der Waals surface area contributed by atoms with Gasteiger partial charge in [0, 0.05) is 31.3 Å². The lowest BCUT2D eigenvalue weighted by atomic mass is 9.78. The predicted octanol–water partition coefficient (Wildman–Crippen LogP) is 4.72. The van der Waals surface area contributed by atoms with Crippen molar-refractivity contribution in [2.75, 3.05) is 31.2 Å². The second-order valence-corrected chi connectivity index (χ2v) is 13.1. The number of carbonyl (C=O) groups is 1. The molecule has 0 radical (unpaired) electrons. The number of rotatable bonds is 3. The highest BCUT2D eigenvalue weighted by Crippen LogP contribution is 2.40. The molecule has 5 heterocycles. The van der Waals surface area contributed by atoms with Crippen LogP contribution in [-0.2, 0) is 23.5 Å². The molecule has 3 fully saturated rings. The van der Waals surface area contributed by atoms with Gasteiger partial charge in [0.2, 0.25) is 0 Å². The Bertz CT molecular complexity index is 1250. The normalized spacial score (nSPS) is 22.4. The third-order valence-electron chi connectivity index (χ3n) is 8.28. The molecular weight excluding hydrogens is 504 g/mol. The molecule has 0 unspecified atom stereocenters. The average molecular weight is 545 g/mol. The van der Waals surface area contributed by atoms with Gasteiger partial charge < -0.3 is 28.4 Å². The summed E-state index contributed by atoms with van der Waals surface area (Å²) in [6, 6.07) is 0. The summed E-state index contributed by atoms with van der Waals surface area (Å²) < 4.78 is 48.3. The van der Waals surface area contributed by atoms with Crippen LogP contribution in [0.5, 0.6) is 0 Å². The van der Waals surface area contributed by atoms with Gasteiger partial charge in [-0.15, -0.1) is 0 Å². The molecule has 1 spiro atoms. The number of hydrogen-bond donors (Lipinski definition) is 0. The molecule has 0 amide bonds. The summed E-state index contributed by atoms with van der Waals surface area (Å²) in [6.07, 6.45) is 2.18. The third-order valence-corrected chi connectivity index (χ3v) is 8.28. The maximum Gasteiger partial charge on any atom is 0.513 e. The van der Waals surface area contributed by atoms with E-state index >= 15 is 4.39 Å². The third kappa shape index (κ3) is 4.85. The van der Waals surface area contributed by atoms with E-state index in [1.807, 2.05) is 46.4 Å². The summed E-state index contributed by atoms with van der Waals surface area (Å²) in [5.74, 6) is -0.955. The van der Waals surface area contributed by atoms with Crippen LogP contribution >= 0.6 is 0 Å². The van der Waals surface area contributed by atoms with Crippen molar-refractivity contribution in [3.8, 4) is 0 Å². The number of piperidine rings is 1. The summed E-state index contributed by atoms with van der Waals surface area (Å²) in [7, 11) is -0.901. The summed E-state index contributed by atoms with van der Waals surface area (Å²) in [6.45, 7) is 19.4. The van der Waals surface area contributed by atoms with Crippen molar-refractivity contribution in [3.05, 3.63) is 17.6 Å². The van der Waals surface area contributed by atoms with Crippen molar-refractivity contribution in [2.24, 2.45) is 0 Å². The molecule has 0 aliphatic carbocycles. The van der Waals surface area contributed by atoms with Crippen LogP contribution in [0, 0.1) is 5.82 Å². The number of fused-ring (bicyclic) bond motifs is 1. The molecule has 0 atom stereocenters. The van der Waals surface area contributed by atoms with Crippen molar-refractivity contribution in [3.63, 3.8) is 0 Å². The van der Waals surface area contributed by atoms with Crippen LogP contribution in [0.25, 0.3) is 10.9 Å². The molecule has 0 saturated carbocycles. The Balaban J connectivity index is 1.66. The lowest BCUT2D eigenvalue weighted by Crippen LogP contribution is -2.45. The van der Waals surface area contributed by atoms with Crippen molar-refractivity contribution < 1.29 is 32.7 Å². The zero-order chi connectivity index (χ0) is 28.5. The molecule has 3 aliphatic heterocycles. The zero-order valence-corrected chi connectivity index (χ0v) is 24.6. The standard InChI is InChI=1S/C28H41BFN3O6/c1-17(2)19-20-18(16-31-23(21(20)30)32-12-10-28(11-13-32)35-14-15-36-28)33(24(34)37-25(3,4)5)22(19)29-38-26(6,7)27(8,9)39-29/h16-17H,10-15H2,1-9H3. The SMILES string of the molecule is CC(C)c1c(B2OC(C)(C)C(C)(C)O2)n(C(=O)OC(C)(C)C)c2cnc(N3CCC4(CC3)OCCO4)c(F)c12. The van der Waals surface area contributed by atoms with E-state index in [0.29, 0.717) is 61.2 Å². The molecule has 0 bridgehead atoms. The quantitative estimate of drug-likeness (QED) is 0.513. The van der Waals surface area contributed by atoms with Gasteiger partial charge in [-0.05, 0) is 59.9 Å². The van der Waals surface area contributed by atoms with E-state index in [-0.39, 0.29) is 11.7 Å². The molecule has 11 heteroatoms. The Labute approximate surface area is 230 Å². The Kier molecular flexibility index (Phi) is 6.85. The van der Waals surface area contributed by atoms with E-state index in [0.717, 1.165) is 0 Å². The van der Waals surface area contributed by atoms with E-state index in [1.165, 1.54) is 4.57 Å². The number of hydrogen-bond acceptors (Lipinski definition) is 8. The molecule has 0 N–H and O–H groups in total. The average Bonchev–Trinajstić information content (AvgIpc) is 3.46. The smallest absolute Gasteiger partial charge is 0.443 e. The van der Waals surface area contributed by atoms with E-state index in [1.54, 1.807) is 27.0 Å². The van der Waals surface area contributed by atoms with Gasteiger partial charge in [-0.25, -0.2) is 14.2 Å². The fraction of sp³-hybridized carbons (Fsp3) is 0.714. The first-order chi connectivity index (χ1) is 18.1. The number of carbonyl (C=O) groups excluding carboxylic acids is 1. The van der Waals surface area contributed by atoms with Gasteiger partial charge in [0.15, 0.2) is 17.4 Å². The fourth-order valence-corrected chi connectivity index (χ4v) is 5.61. The lowest BCUT2D eigenvalue weighted by molar-refractivity contribution is -0.169. The molecule has 5 rings (SSSR count). The highest BCUT2D eigenvalue weighted by molar-refractivity contribution is 6.63. The van der Waals surface area contributed by atoms with E-state index in [9.17, 15) is 4.79 Å². The number of anilines is 1. The van der Waals surface area contributed by atoms with E-state index in [4.69, 9.17) is 23.5 Å². The lowest BCUT2D eigenvalue weighted by Gasteiger charge is -2.38. The molecule has 9 nitrogen and oxygen atoms in total. The first-order valence-electron chi connectivity index (χ1n) is 13.9. The second kappa shape index (κ2) is 9.43. The van der Waals surface area contributed by atoms with Crippen molar-refractivity contribution in [1.29, 1.82) is 0 Å². The van der Waals surface area contributed by atoms with Crippen LogP contribution in [0.4, 0.5) is 15.0 Å².